The summed E-state index contributed by atoms with van der Waals surface area (Å²) in [6, 6.07) is 8.87. The monoisotopic (exact) mass is 436 g/mol. The van der Waals surface area contributed by atoms with E-state index in [1.165, 1.54) is 107 Å². The average Bonchev–Trinajstić information content (AvgIpc) is 2.83. The van der Waals surface area contributed by atoms with Crippen LogP contribution < -0.4 is 0 Å². The first-order chi connectivity index (χ1) is 15.7. The van der Waals surface area contributed by atoms with Gasteiger partial charge in [-0.1, -0.05) is 122 Å². The molecule has 0 aliphatic heterocycles. The zero-order valence-corrected chi connectivity index (χ0v) is 21.2. The van der Waals surface area contributed by atoms with Crippen LogP contribution in [0.3, 0.4) is 0 Å². The fourth-order valence-corrected chi connectivity index (χ4v) is 4.30. The number of aromatic nitrogens is 2. The van der Waals surface area contributed by atoms with Gasteiger partial charge in [0, 0.05) is 18.0 Å². The molecular weight excluding hydrogens is 388 g/mol. The molecule has 1 atom stereocenters. The maximum atomic E-state index is 4.64. The number of aryl methyl sites for hydroxylation is 2. The summed E-state index contributed by atoms with van der Waals surface area (Å²) < 4.78 is 0. The van der Waals surface area contributed by atoms with Crippen molar-refractivity contribution in [3.8, 4) is 11.4 Å². The Morgan fingerprint density at radius 1 is 0.625 bits per heavy atom. The molecular formula is C30H48N2. The topological polar surface area (TPSA) is 25.8 Å². The summed E-state index contributed by atoms with van der Waals surface area (Å²) in [6.07, 6.45) is 25.3. The van der Waals surface area contributed by atoms with E-state index in [4.69, 9.17) is 0 Å². The molecule has 0 amide bonds. The summed E-state index contributed by atoms with van der Waals surface area (Å²) in [6.45, 7) is 6.95. The molecule has 1 heterocycles. The van der Waals surface area contributed by atoms with Gasteiger partial charge in [0.1, 0.15) is 0 Å². The second-order valence-corrected chi connectivity index (χ2v) is 9.80. The van der Waals surface area contributed by atoms with Gasteiger partial charge in [0.05, 0.1) is 0 Å². The SMILES string of the molecule is CCCCCCCCc1ccc(-c2ncc(CCCCCCCCC(C)CC)cn2)cc1. The molecule has 1 unspecified atom stereocenters. The highest BCUT2D eigenvalue weighted by atomic mass is 14.9. The largest absolute Gasteiger partial charge is 0.236 e. The van der Waals surface area contributed by atoms with Crippen molar-refractivity contribution in [1.29, 1.82) is 0 Å². The Kier molecular flexibility index (Phi) is 14.0. The second-order valence-electron chi connectivity index (χ2n) is 9.80. The van der Waals surface area contributed by atoms with Crippen LogP contribution in [0.2, 0.25) is 0 Å². The minimum absolute atomic E-state index is 0.848. The Hall–Kier alpha value is -1.70. The third-order valence-corrected chi connectivity index (χ3v) is 6.85. The highest BCUT2D eigenvalue weighted by Crippen LogP contribution is 2.18. The smallest absolute Gasteiger partial charge is 0.159 e. The van der Waals surface area contributed by atoms with Crippen molar-refractivity contribution in [1.82, 2.24) is 9.97 Å². The van der Waals surface area contributed by atoms with Crippen LogP contribution in [-0.4, -0.2) is 9.97 Å². The van der Waals surface area contributed by atoms with Gasteiger partial charge in [-0.2, -0.15) is 0 Å². The number of unbranched alkanes of at least 4 members (excludes halogenated alkanes) is 10. The fourth-order valence-electron chi connectivity index (χ4n) is 4.30. The number of hydrogen-bond donors (Lipinski definition) is 0. The number of rotatable bonds is 18. The van der Waals surface area contributed by atoms with Crippen LogP contribution in [-0.2, 0) is 12.8 Å². The summed E-state index contributed by atoms with van der Waals surface area (Å²) in [4.78, 5) is 9.27. The second kappa shape index (κ2) is 16.9. The third-order valence-electron chi connectivity index (χ3n) is 6.85. The molecule has 0 N–H and O–H groups in total. The average molecular weight is 437 g/mol. The Morgan fingerprint density at radius 3 is 1.75 bits per heavy atom. The summed E-state index contributed by atoms with van der Waals surface area (Å²) in [5.41, 5.74) is 3.83. The summed E-state index contributed by atoms with van der Waals surface area (Å²) in [5.74, 6) is 1.75. The summed E-state index contributed by atoms with van der Waals surface area (Å²) >= 11 is 0. The summed E-state index contributed by atoms with van der Waals surface area (Å²) in [5, 5.41) is 0. The lowest BCUT2D eigenvalue weighted by Crippen LogP contribution is -1.94. The van der Waals surface area contributed by atoms with E-state index in [0.29, 0.717) is 0 Å². The molecule has 0 fully saturated rings. The van der Waals surface area contributed by atoms with E-state index in [1.807, 2.05) is 12.4 Å². The molecule has 0 saturated heterocycles. The van der Waals surface area contributed by atoms with Gasteiger partial charge in [-0.25, -0.2) is 9.97 Å². The molecule has 1 aromatic carbocycles. The van der Waals surface area contributed by atoms with Gasteiger partial charge in [-0.05, 0) is 42.7 Å². The quantitative estimate of drug-likeness (QED) is 0.217. The third kappa shape index (κ3) is 11.2. The van der Waals surface area contributed by atoms with Crippen molar-refractivity contribution in [2.45, 2.75) is 124 Å². The van der Waals surface area contributed by atoms with E-state index in [2.05, 4.69) is 55.0 Å². The normalized spacial score (nSPS) is 12.2. The lowest BCUT2D eigenvalue weighted by Gasteiger charge is -2.07. The van der Waals surface area contributed by atoms with E-state index in [9.17, 15) is 0 Å². The lowest BCUT2D eigenvalue weighted by atomic mass is 9.99. The van der Waals surface area contributed by atoms with Gasteiger partial charge in [0.25, 0.3) is 0 Å². The van der Waals surface area contributed by atoms with Crippen molar-refractivity contribution < 1.29 is 0 Å². The minimum Gasteiger partial charge on any atom is -0.236 e. The van der Waals surface area contributed by atoms with Crippen LogP contribution >= 0.6 is 0 Å². The molecule has 2 rings (SSSR count). The van der Waals surface area contributed by atoms with Crippen molar-refractivity contribution in [3.05, 3.63) is 47.8 Å². The van der Waals surface area contributed by atoms with E-state index in [-0.39, 0.29) is 0 Å². The van der Waals surface area contributed by atoms with Crippen LogP contribution in [0.4, 0.5) is 0 Å². The predicted octanol–water partition coefficient (Wildman–Crippen LogP) is 9.37. The molecule has 0 aliphatic rings. The fraction of sp³-hybridized carbons (Fsp3) is 0.667. The van der Waals surface area contributed by atoms with Crippen LogP contribution in [0.15, 0.2) is 36.7 Å². The van der Waals surface area contributed by atoms with Gasteiger partial charge < -0.3 is 0 Å². The van der Waals surface area contributed by atoms with Gasteiger partial charge in [0.15, 0.2) is 5.82 Å². The molecule has 2 nitrogen and oxygen atoms in total. The van der Waals surface area contributed by atoms with Crippen LogP contribution in [0.5, 0.6) is 0 Å². The van der Waals surface area contributed by atoms with Crippen molar-refractivity contribution in [3.63, 3.8) is 0 Å². The maximum Gasteiger partial charge on any atom is 0.159 e. The Morgan fingerprint density at radius 2 is 1.16 bits per heavy atom. The Labute approximate surface area is 198 Å². The van der Waals surface area contributed by atoms with Gasteiger partial charge in [-0.15, -0.1) is 0 Å². The molecule has 178 valence electrons. The van der Waals surface area contributed by atoms with Gasteiger partial charge in [0.2, 0.25) is 0 Å². The standard InChI is InChI=1S/C30H48N2/c1-4-6-7-8-12-15-18-27-20-22-29(23-21-27)30-31-24-28(25-32-30)19-16-13-10-9-11-14-17-26(3)5-2/h20-26H,4-19H2,1-3H3. The number of hydrogen-bond acceptors (Lipinski definition) is 2. The minimum atomic E-state index is 0.848. The van der Waals surface area contributed by atoms with Crippen molar-refractivity contribution in [2.24, 2.45) is 5.92 Å². The van der Waals surface area contributed by atoms with Crippen LogP contribution in [0.1, 0.15) is 122 Å². The number of benzene rings is 1. The van der Waals surface area contributed by atoms with Crippen LogP contribution in [0.25, 0.3) is 11.4 Å². The highest BCUT2D eigenvalue weighted by Gasteiger charge is 2.03. The van der Waals surface area contributed by atoms with Gasteiger partial charge >= 0.3 is 0 Å². The van der Waals surface area contributed by atoms with E-state index < -0.39 is 0 Å². The zero-order chi connectivity index (χ0) is 22.9. The van der Waals surface area contributed by atoms with E-state index in [0.717, 1.165) is 23.7 Å². The maximum absolute atomic E-state index is 4.64. The molecule has 32 heavy (non-hydrogen) atoms. The molecule has 2 heteroatoms. The van der Waals surface area contributed by atoms with Crippen molar-refractivity contribution in [2.75, 3.05) is 0 Å². The van der Waals surface area contributed by atoms with E-state index >= 15 is 0 Å². The number of nitrogens with zero attached hydrogens (tertiary/aromatic N) is 2. The zero-order valence-electron chi connectivity index (χ0n) is 21.2. The molecule has 0 aliphatic carbocycles. The Bertz CT molecular complexity index is 690. The van der Waals surface area contributed by atoms with Crippen LogP contribution in [0, 0.1) is 5.92 Å². The molecule has 1 aromatic heterocycles. The molecule has 0 bridgehead atoms. The predicted molar refractivity (Wildman–Crippen MR) is 140 cm³/mol. The lowest BCUT2D eigenvalue weighted by molar-refractivity contribution is 0.471. The van der Waals surface area contributed by atoms with E-state index in [1.54, 1.807) is 0 Å². The summed E-state index contributed by atoms with van der Waals surface area (Å²) in [7, 11) is 0. The molecule has 0 radical (unpaired) electrons. The molecule has 0 saturated carbocycles. The first-order valence-electron chi connectivity index (χ1n) is 13.6. The molecule has 0 spiro atoms. The van der Waals surface area contributed by atoms with Gasteiger partial charge in [-0.3, -0.25) is 0 Å². The molecule has 2 aromatic rings. The first-order valence-corrected chi connectivity index (χ1v) is 13.6. The van der Waals surface area contributed by atoms with Crippen molar-refractivity contribution >= 4 is 0 Å². The first kappa shape index (κ1) is 26.6. The Balaban J connectivity index is 1.61. The highest BCUT2D eigenvalue weighted by molar-refractivity contribution is 5.55.